The molecule has 1 heterocycles. The summed E-state index contributed by atoms with van der Waals surface area (Å²) in [5, 5.41) is 12.3. The van der Waals surface area contributed by atoms with Crippen LogP contribution in [-0.2, 0) is 9.59 Å². The summed E-state index contributed by atoms with van der Waals surface area (Å²) in [6, 6.07) is 3.75. The number of hydrogen-bond acceptors (Lipinski definition) is 3. The van der Waals surface area contributed by atoms with Gasteiger partial charge in [-0.15, -0.1) is 0 Å². The fraction of sp³-hybridized carbons (Fsp3) is 0.438. The first-order chi connectivity index (χ1) is 11.2. The predicted octanol–water partition coefficient (Wildman–Crippen LogP) is 2.58. The Bertz CT molecular complexity index is 695. The lowest BCUT2D eigenvalue weighted by atomic mass is 9.98. The number of nitrogens with one attached hydrogen (secondary N) is 1. The molecule has 1 aliphatic rings. The standard InChI is InChI=1S/C16H18Cl2N2O4/c1-9(14(22)20-8-4-7-16(20,2)15(23)24)19-13(21)10-5-3-6-11(17)12(10)18/h3,5-6,9H,4,7-8H2,1-2H3,(H,19,21)(H,23,24). The van der Waals surface area contributed by atoms with E-state index in [1.807, 2.05) is 0 Å². The monoisotopic (exact) mass is 372 g/mol. The summed E-state index contributed by atoms with van der Waals surface area (Å²) in [7, 11) is 0. The van der Waals surface area contributed by atoms with E-state index in [1.54, 1.807) is 12.1 Å². The van der Waals surface area contributed by atoms with Crippen molar-refractivity contribution in [3.8, 4) is 0 Å². The zero-order chi connectivity index (χ0) is 18.1. The minimum absolute atomic E-state index is 0.105. The number of nitrogens with zero attached hydrogens (tertiary/aromatic N) is 1. The normalized spacial score (nSPS) is 21.4. The van der Waals surface area contributed by atoms with Crippen LogP contribution in [0, 0.1) is 0 Å². The second-order valence-corrected chi connectivity index (χ2v) is 6.75. The third-order valence-corrected chi connectivity index (χ3v) is 5.10. The number of halogens is 2. The third kappa shape index (κ3) is 3.35. The summed E-state index contributed by atoms with van der Waals surface area (Å²) in [4.78, 5) is 37.7. The third-order valence-electron chi connectivity index (χ3n) is 4.28. The van der Waals surface area contributed by atoms with Crippen molar-refractivity contribution < 1.29 is 19.5 Å². The van der Waals surface area contributed by atoms with Gasteiger partial charge in [0.05, 0.1) is 15.6 Å². The molecule has 1 aliphatic heterocycles. The van der Waals surface area contributed by atoms with Gasteiger partial charge in [-0.2, -0.15) is 0 Å². The predicted molar refractivity (Wildman–Crippen MR) is 90.4 cm³/mol. The lowest BCUT2D eigenvalue weighted by Crippen LogP contribution is -2.56. The van der Waals surface area contributed by atoms with Gasteiger partial charge in [0.1, 0.15) is 11.6 Å². The summed E-state index contributed by atoms with van der Waals surface area (Å²) < 4.78 is 0. The summed E-state index contributed by atoms with van der Waals surface area (Å²) in [6.07, 6.45) is 0.990. The molecule has 0 saturated carbocycles. The maximum atomic E-state index is 12.6. The van der Waals surface area contributed by atoms with Crippen molar-refractivity contribution in [1.29, 1.82) is 0 Å². The zero-order valence-corrected chi connectivity index (χ0v) is 14.8. The molecule has 8 heteroatoms. The van der Waals surface area contributed by atoms with Crippen LogP contribution in [0.3, 0.4) is 0 Å². The molecule has 2 amide bonds. The molecular weight excluding hydrogens is 355 g/mol. The van der Waals surface area contributed by atoms with Crippen LogP contribution in [0.2, 0.25) is 10.0 Å². The van der Waals surface area contributed by atoms with E-state index in [-0.39, 0.29) is 15.6 Å². The van der Waals surface area contributed by atoms with Gasteiger partial charge in [-0.1, -0.05) is 29.3 Å². The smallest absolute Gasteiger partial charge is 0.329 e. The Labute approximate surface area is 149 Å². The van der Waals surface area contributed by atoms with Gasteiger partial charge in [0.2, 0.25) is 5.91 Å². The molecule has 1 fully saturated rings. The molecule has 0 radical (unpaired) electrons. The highest BCUT2D eigenvalue weighted by Gasteiger charge is 2.46. The van der Waals surface area contributed by atoms with Crippen molar-refractivity contribution in [3.05, 3.63) is 33.8 Å². The first-order valence-corrected chi connectivity index (χ1v) is 8.24. The fourth-order valence-corrected chi connectivity index (χ4v) is 3.17. The number of likely N-dealkylation sites (tertiary alicyclic amines) is 1. The SMILES string of the molecule is CC(NC(=O)c1cccc(Cl)c1Cl)C(=O)N1CCCC1(C)C(=O)O. The minimum atomic E-state index is -1.25. The van der Waals surface area contributed by atoms with Crippen LogP contribution in [0.5, 0.6) is 0 Å². The Morgan fingerprint density at radius 2 is 2.00 bits per heavy atom. The number of aliphatic carboxylic acids is 1. The van der Waals surface area contributed by atoms with E-state index < -0.39 is 29.4 Å². The van der Waals surface area contributed by atoms with E-state index in [0.717, 1.165) is 0 Å². The van der Waals surface area contributed by atoms with Gasteiger partial charge >= 0.3 is 5.97 Å². The van der Waals surface area contributed by atoms with Crippen molar-refractivity contribution in [3.63, 3.8) is 0 Å². The highest BCUT2D eigenvalue weighted by atomic mass is 35.5. The van der Waals surface area contributed by atoms with Gasteiger partial charge in [0.25, 0.3) is 5.91 Å². The summed E-state index contributed by atoms with van der Waals surface area (Å²) in [5.41, 5.74) is -1.09. The molecule has 0 aliphatic carbocycles. The van der Waals surface area contributed by atoms with Crippen LogP contribution in [0.4, 0.5) is 0 Å². The number of amides is 2. The molecule has 0 aromatic heterocycles. The Hall–Kier alpha value is -1.79. The minimum Gasteiger partial charge on any atom is -0.480 e. The molecule has 2 rings (SSSR count). The van der Waals surface area contributed by atoms with Gasteiger partial charge in [-0.05, 0) is 38.8 Å². The van der Waals surface area contributed by atoms with Crippen molar-refractivity contribution in [2.75, 3.05) is 6.54 Å². The molecule has 1 saturated heterocycles. The number of carboxylic acid groups (broad SMARTS) is 1. The zero-order valence-electron chi connectivity index (χ0n) is 13.3. The molecule has 6 nitrogen and oxygen atoms in total. The first kappa shape index (κ1) is 18.5. The second kappa shape index (κ2) is 6.99. The summed E-state index contributed by atoms with van der Waals surface area (Å²) in [6.45, 7) is 3.38. The van der Waals surface area contributed by atoms with Crippen LogP contribution in [0.15, 0.2) is 18.2 Å². The fourth-order valence-electron chi connectivity index (χ4n) is 2.79. The molecule has 0 bridgehead atoms. The largest absolute Gasteiger partial charge is 0.480 e. The van der Waals surface area contributed by atoms with Crippen LogP contribution in [-0.4, -0.2) is 45.9 Å². The van der Waals surface area contributed by atoms with E-state index in [0.29, 0.717) is 19.4 Å². The van der Waals surface area contributed by atoms with Gasteiger partial charge in [-0.3, -0.25) is 9.59 Å². The lowest BCUT2D eigenvalue weighted by Gasteiger charge is -2.33. The van der Waals surface area contributed by atoms with E-state index in [1.165, 1.54) is 24.8 Å². The number of carbonyl (C=O) groups excluding carboxylic acids is 2. The van der Waals surface area contributed by atoms with Gasteiger partial charge in [0, 0.05) is 6.54 Å². The lowest BCUT2D eigenvalue weighted by molar-refractivity contribution is -0.155. The maximum absolute atomic E-state index is 12.6. The molecule has 0 spiro atoms. The van der Waals surface area contributed by atoms with E-state index in [9.17, 15) is 19.5 Å². The van der Waals surface area contributed by atoms with E-state index in [4.69, 9.17) is 23.2 Å². The van der Waals surface area contributed by atoms with E-state index in [2.05, 4.69) is 5.32 Å². The van der Waals surface area contributed by atoms with Crippen LogP contribution >= 0.6 is 23.2 Å². The van der Waals surface area contributed by atoms with Crippen molar-refractivity contribution >= 4 is 41.0 Å². The Morgan fingerprint density at radius 1 is 1.33 bits per heavy atom. The number of hydrogen-bond donors (Lipinski definition) is 2. The van der Waals surface area contributed by atoms with Gasteiger partial charge in [0.15, 0.2) is 0 Å². The van der Waals surface area contributed by atoms with Crippen molar-refractivity contribution in [1.82, 2.24) is 10.2 Å². The molecule has 2 N–H and O–H groups in total. The van der Waals surface area contributed by atoms with Crippen LogP contribution < -0.4 is 5.32 Å². The van der Waals surface area contributed by atoms with E-state index >= 15 is 0 Å². The number of carbonyl (C=O) groups is 3. The quantitative estimate of drug-likeness (QED) is 0.850. The maximum Gasteiger partial charge on any atom is 0.329 e. The number of carboxylic acids is 1. The number of benzene rings is 1. The Balaban J connectivity index is 2.13. The van der Waals surface area contributed by atoms with Crippen molar-refractivity contribution in [2.45, 2.75) is 38.3 Å². The highest BCUT2D eigenvalue weighted by molar-refractivity contribution is 6.43. The summed E-state index contributed by atoms with van der Waals surface area (Å²) in [5.74, 6) is -2.03. The molecule has 2 unspecified atom stereocenters. The Kier molecular flexibility index (Phi) is 5.40. The average molecular weight is 373 g/mol. The highest BCUT2D eigenvalue weighted by Crippen LogP contribution is 2.30. The Morgan fingerprint density at radius 3 is 2.62 bits per heavy atom. The molecule has 2 atom stereocenters. The molecule has 130 valence electrons. The van der Waals surface area contributed by atoms with Crippen LogP contribution in [0.25, 0.3) is 0 Å². The molecule has 24 heavy (non-hydrogen) atoms. The van der Waals surface area contributed by atoms with Crippen molar-refractivity contribution in [2.24, 2.45) is 0 Å². The summed E-state index contributed by atoms with van der Waals surface area (Å²) >= 11 is 11.9. The van der Waals surface area contributed by atoms with Gasteiger partial charge < -0.3 is 15.3 Å². The topological polar surface area (TPSA) is 86.7 Å². The number of rotatable bonds is 4. The molecule has 1 aromatic carbocycles. The second-order valence-electron chi connectivity index (χ2n) is 5.97. The molecular formula is C16H18Cl2N2O4. The van der Waals surface area contributed by atoms with Gasteiger partial charge in [-0.25, -0.2) is 4.79 Å². The first-order valence-electron chi connectivity index (χ1n) is 7.48. The van der Waals surface area contributed by atoms with Crippen LogP contribution in [0.1, 0.15) is 37.0 Å². The average Bonchev–Trinajstić information content (AvgIpc) is 2.92. The molecule has 1 aromatic rings.